The fourth-order valence-corrected chi connectivity index (χ4v) is 3.83. The molecular weight excluding hydrogens is 304 g/mol. The molecule has 1 saturated heterocycles. The molecule has 118 valence electrons. The van der Waals surface area contributed by atoms with Crippen molar-refractivity contribution < 1.29 is 4.79 Å². The van der Waals surface area contributed by atoms with Crippen LogP contribution in [0.2, 0.25) is 0 Å². The Morgan fingerprint density at radius 3 is 2.39 bits per heavy atom. The van der Waals surface area contributed by atoms with E-state index in [9.17, 15) is 4.79 Å². The van der Waals surface area contributed by atoms with Crippen LogP contribution in [0.1, 0.15) is 30.6 Å². The van der Waals surface area contributed by atoms with E-state index in [4.69, 9.17) is 0 Å². The number of carbonyl (C=O) groups excluding carboxylic acids is 1. The van der Waals surface area contributed by atoms with Crippen LogP contribution in [0.15, 0.2) is 65.7 Å². The first kappa shape index (κ1) is 15.8. The summed E-state index contributed by atoms with van der Waals surface area (Å²) in [5.74, 6) is 0.110. The van der Waals surface area contributed by atoms with Gasteiger partial charge in [-0.3, -0.25) is 14.7 Å². The molecule has 0 spiro atoms. The van der Waals surface area contributed by atoms with Crippen molar-refractivity contribution in [2.24, 2.45) is 4.99 Å². The highest BCUT2D eigenvalue weighted by Crippen LogP contribution is 2.40. The van der Waals surface area contributed by atoms with Crippen molar-refractivity contribution in [3.05, 3.63) is 66.2 Å². The van der Waals surface area contributed by atoms with Crippen molar-refractivity contribution in [1.82, 2.24) is 0 Å². The van der Waals surface area contributed by atoms with Gasteiger partial charge in [0.05, 0.1) is 5.69 Å². The highest BCUT2D eigenvalue weighted by Gasteiger charge is 2.33. The Hall–Kier alpha value is -2.07. The van der Waals surface area contributed by atoms with E-state index in [0.717, 1.165) is 23.8 Å². The minimum Gasteiger partial charge on any atom is -0.274 e. The number of para-hydroxylation sites is 1. The maximum absolute atomic E-state index is 12.8. The normalized spacial score (nSPS) is 20.0. The molecule has 2 aromatic carbocycles. The van der Waals surface area contributed by atoms with E-state index in [1.165, 1.54) is 5.56 Å². The van der Waals surface area contributed by atoms with Gasteiger partial charge < -0.3 is 0 Å². The molecule has 0 radical (unpaired) electrons. The number of anilines is 1. The van der Waals surface area contributed by atoms with Gasteiger partial charge in [0.25, 0.3) is 0 Å². The molecule has 1 aliphatic rings. The maximum atomic E-state index is 12.8. The predicted octanol–water partition coefficient (Wildman–Crippen LogP) is 4.66. The zero-order chi connectivity index (χ0) is 16.1. The molecule has 4 heteroatoms. The molecule has 0 bridgehead atoms. The number of hydrogen-bond acceptors (Lipinski definition) is 3. The van der Waals surface area contributed by atoms with Gasteiger partial charge in [0, 0.05) is 18.2 Å². The van der Waals surface area contributed by atoms with Crippen LogP contribution in [0.25, 0.3) is 0 Å². The molecule has 1 amide bonds. The van der Waals surface area contributed by atoms with Crippen LogP contribution in [-0.4, -0.2) is 17.6 Å². The van der Waals surface area contributed by atoms with Gasteiger partial charge in [-0.1, -0.05) is 67.2 Å². The molecule has 1 fully saturated rings. The molecule has 0 aliphatic carbocycles. The van der Waals surface area contributed by atoms with Gasteiger partial charge in [0.15, 0.2) is 5.17 Å². The number of nitrogens with zero attached hydrogens (tertiary/aromatic N) is 2. The minimum absolute atomic E-state index is 0.110. The molecule has 3 rings (SSSR count). The molecule has 0 unspecified atom stereocenters. The second-order valence-electron chi connectivity index (χ2n) is 5.45. The smallest absolute Gasteiger partial charge is 0.234 e. The molecule has 0 aromatic heterocycles. The third-order valence-corrected chi connectivity index (χ3v) is 4.95. The summed E-state index contributed by atoms with van der Waals surface area (Å²) < 4.78 is 0. The summed E-state index contributed by atoms with van der Waals surface area (Å²) in [5, 5.41) is 0.947. The van der Waals surface area contributed by atoms with Crippen LogP contribution in [0.3, 0.4) is 0 Å². The number of thioether (sulfide) groups is 1. The average Bonchev–Trinajstić information content (AvgIpc) is 2.61. The van der Waals surface area contributed by atoms with Gasteiger partial charge in [0.2, 0.25) is 5.91 Å². The first-order valence-corrected chi connectivity index (χ1v) is 8.81. The summed E-state index contributed by atoms with van der Waals surface area (Å²) in [4.78, 5) is 19.2. The Morgan fingerprint density at radius 2 is 1.74 bits per heavy atom. The van der Waals surface area contributed by atoms with E-state index in [1.54, 1.807) is 16.7 Å². The van der Waals surface area contributed by atoms with E-state index < -0.39 is 0 Å². The van der Waals surface area contributed by atoms with Crippen molar-refractivity contribution in [2.45, 2.75) is 25.0 Å². The minimum atomic E-state index is 0.110. The second kappa shape index (κ2) is 7.47. The Morgan fingerprint density at radius 1 is 1.09 bits per heavy atom. The van der Waals surface area contributed by atoms with Gasteiger partial charge in [-0.2, -0.15) is 0 Å². The molecule has 0 N–H and O–H groups in total. The third kappa shape index (κ3) is 3.64. The average molecular weight is 324 g/mol. The lowest BCUT2D eigenvalue weighted by atomic mass is 10.1. The van der Waals surface area contributed by atoms with Crippen LogP contribution < -0.4 is 4.90 Å². The monoisotopic (exact) mass is 324 g/mol. The summed E-state index contributed by atoms with van der Waals surface area (Å²) in [6.07, 6.45) is 1.46. The second-order valence-corrected chi connectivity index (χ2v) is 6.62. The van der Waals surface area contributed by atoms with Gasteiger partial charge in [-0.05, 0) is 24.1 Å². The lowest BCUT2D eigenvalue weighted by Crippen LogP contribution is -2.40. The van der Waals surface area contributed by atoms with E-state index in [1.807, 2.05) is 48.5 Å². The Bertz CT molecular complexity index is 685. The highest BCUT2D eigenvalue weighted by molar-refractivity contribution is 8.14. The fourth-order valence-electron chi connectivity index (χ4n) is 2.58. The predicted molar refractivity (Wildman–Crippen MR) is 97.9 cm³/mol. The molecule has 1 heterocycles. The summed E-state index contributed by atoms with van der Waals surface area (Å²) >= 11 is 1.69. The molecule has 23 heavy (non-hydrogen) atoms. The Balaban J connectivity index is 1.92. The van der Waals surface area contributed by atoms with Gasteiger partial charge in [-0.15, -0.1) is 0 Å². The molecule has 2 aromatic rings. The van der Waals surface area contributed by atoms with Gasteiger partial charge in [0.1, 0.15) is 0 Å². The van der Waals surface area contributed by atoms with E-state index in [2.05, 4.69) is 24.0 Å². The number of amidine groups is 1. The summed E-state index contributed by atoms with van der Waals surface area (Å²) in [6, 6.07) is 20.0. The van der Waals surface area contributed by atoms with Crippen LogP contribution in [0.4, 0.5) is 5.69 Å². The van der Waals surface area contributed by atoms with E-state index in [-0.39, 0.29) is 11.2 Å². The fraction of sp³-hybridized carbons (Fsp3) is 0.263. The van der Waals surface area contributed by atoms with Crippen molar-refractivity contribution in [3.8, 4) is 0 Å². The summed E-state index contributed by atoms with van der Waals surface area (Å²) in [6.45, 7) is 2.83. The third-order valence-electron chi connectivity index (χ3n) is 3.70. The number of benzene rings is 2. The van der Waals surface area contributed by atoms with E-state index >= 15 is 0 Å². The van der Waals surface area contributed by atoms with Crippen molar-refractivity contribution >= 4 is 28.5 Å². The lowest BCUT2D eigenvalue weighted by Gasteiger charge is -2.32. The van der Waals surface area contributed by atoms with Gasteiger partial charge >= 0.3 is 0 Å². The SMILES string of the molecule is CCCN=C1S[C@H](c2ccccc2)CC(=O)N1c1ccccc1. The van der Waals surface area contributed by atoms with Crippen molar-refractivity contribution in [3.63, 3.8) is 0 Å². The number of aliphatic imine (C=N–C) groups is 1. The Kier molecular flexibility index (Phi) is 5.13. The molecule has 1 atom stereocenters. The van der Waals surface area contributed by atoms with Crippen LogP contribution in [0, 0.1) is 0 Å². The summed E-state index contributed by atoms with van der Waals surface area (Å²) in [7, 11) is 0. The molecule has 0 saturated carbocycles. The van der Waals surface area contributed by atoms with Crippen molar-refractivity contribution in [1.29, 1.82) is 0 Å². The van der Waals surface area contributed by atoms with Crippen molar-refractivity contribution in [2.75, 3.05) is 11.4 Å². The van der Waals surface area contributed by atoms with E-state index in [0.29, 0.717) is 6.42 Å². The molecule has 3 nitrogen and oxygen atoms in total. The molecular formula is C19H20N2OS. The number of amides is 1. The zero-order valence-electron chi connectivity index (χ0n) is 13.2. The lowest BCUT2D eigenvalue weighted by molar-refractivity contribution is -0.117. The number of hydrogen-bond donors (Lipinski definition) is 0. The summed E-state index contributed by atoms with van der Waals surface area (Å²) in [5.41, 5.74) is 2.08. The number of carbonyl (C=O) groups is 1. The zero-order valence-corrected chi connectivity index (χ0v) is 14.0. The molecule has 1 aliphatic heterocycles. The highest BCUT2D eigenvalue weighted by atomic mass is 32.2. The standard InChI is InChI=1S/C19H20N2OS/c1-2-13-20-19-21(16-11-7-4-8-12-16)18(22)14-17(23-19)15-9-5-3-6-10-15/h3-12,17H,2,13-14H2,1H3/t17-/m0/s1. The topological polar surface area (TPSA) is 32.7 Å². The largest absolute Gasteiger partial charge is 0.274 e. The van der Waals surface area contributed by atoms with Crippen LogP contribution >= 0.6 is 11.8 Å². The Labute approximate surface area is 141 Å². The maximum Gasteiger partial charge on any atom is 0.234 e. The number of rotatable bonds is 4. The van der Waals surface area contributed by atoms with Crippen LogP contribution in [0.5, 0.6) is 0 Å². The quantitative estimate of drug-likeness (QED) is 0.819. The van der Waals surface area contributed by atoms with Gasteiger partial charge in [-0.25, -0.2) is 0 Å². The first-order valence-electron chi connectivity index (χ1n) is 7.93. The van der Waals surface area contributed by atoms with Crippen LogP contribution in [-0.2, 0) is 4.79 Å². The first-order chi connectivity index (χ1) is 11.3.